The summed E-state index contributed by atoms with van der Waals surface area (Å²) in [5.41, 5.74) is 1.76. The molecular weight excluding hydrogens is 489 g/mol. The second kappa shape index (κ2) is 12.1. The summed E-state index contributed by atoms with van der Waals surface area (Å²) in [4.78, 5) is 35.0. The molecule has 0 saturated carbocycles. The number of aromatic nitrogens is 2. The molecule has 4 rings (SSSR count). The van der Waals surface area contributed by atoms with Crippen LogP contribution in [-0.4, -0.2) is 72.2 Å². The number of anilines is 1. The Kier molecular flexibility index (Phi) is 8.70. The highest BCUT2D eigenvalue weighted by molar-refractivity contribution is 5.93. The lowest BCUT2D eigenvalue weighted by Crippen LogP contribution is -2.49. The number of nitrogens with zero attached hydrogens (tertiary/aromatic N) is 5. The first kappa shape index (κ1) is 27.2. The van der Waals surface area contributed by atoms with Gasteiger partial charge in [-0.25, -0.2) is 14.2 Å². The molecule has 204 valence electrons. The van der Waals surface area contributed by atoms with E-state index >= 15 is 4.39 Å². The number of carbonyl (C=O) groups excluding carboxylic acids is 2. The summed E-state index contributed by atoms with van der Waals surface area (Å²) in [6.45, 7) is 4.06. The molecule has 2 aromatic heterocycles. The van der Waals surface area contributed by atoms with E-state index in [0.29, 0.717) is 47.8 Å². The molecule has 0 atom stereocenters. The molecule has 0 unspecified atom stereocenters. The highest BCUT2D eigenvalue weighted by atomic mass is 19.1. The molecule has 3 aromatic rings. The Hall–Kier alpha value is -3.82. The Morgan fingerprint density at radius 3 is 2.71 bits per heavy atom. The van der Waals surface area contributed by atoms with Crippen molar-refractivity contribution in [2.24, 2.45) is 0 Å². The number of hydrogen-bond acceptors (Lipinski definition) is 5. The highest BCUT2D eigenvalue weighted by Gasteiger charge is 2.29. The Morgan fingerprint density at radius 1 is 1.16 bits per heavy atom. The molecule has 9 nitrogen and oxygen atoms in total. The van der Waals surface area contributed by atoms with Crippen LogP contribution in [0.2, 0.25) is 0 Å². The third kappa shape index (κ3) is 5.84. The van der Waals surface area contributed by atoms with E-state index in [2.05, 4.69) is 11.9 Å². The largest absolute Gasteiger partial charge is 0.493 e. The van der Waals surface area contributed by atoms with Crippen molar-refractivity contribution in [3.8, 4) is 11.5 Å². The van der Waals surface area contributed by atoms with Crippen LogP contribution < -0.4 is 14.4 Å². The van der Waals surface area contributed by atoms with Crippen LogP contribution in [0.15, 0.2) is 36.7 Å². The van der Waals surface area contributed by atoms with Gasteiger partial charge >= 0.3 is 6.03 Å². The van der Waals surface area contributed by atoms with Gasteiger partial charge in [-0.1, -0.05) is 19.8 Å². The van der Waals surface area contributed by atoms with Crippen molar-refractivity contribution >= 4 is 28.7 Å². The topological polar surface area (TPSA) is 80.1 Å². The third-order valence-corrected chi connectivity index (χ3v) is 6.74. The molecule has 0 spiro atoms. The predicted octanol–water partition coefficient (Wildman–Crippen LogP) is 4.67. The number of unbranched alkanes of at least 4 members (excludes halogenated alkanes) is 2. The van der Waals surface area contributed by atoms with Crippen molar-refractivity contribution in [1.29, 1.82) is 0 Å². The molecule has 3 heterocycles. The van der Waals surface area contributed by atoms with Gasteiger partial charge in [0.15, 0.2) is 17.3 Å². The smallest absolute Gasteiger partial charge is 0.324 e. The van der Waals surface area contributed by atoms with E-state index in [1.54, 1.807) is 43.3 Å². The van der Waals surface area contributed by atoms with Crippen LogP contribution in [0.25, 0.3) is 11.0 Å². The Bertz CT molecular complexity index is 1290. The van der Waals surface area contributed by atoms with Crippen LogP contribution in [0, 0.1) is 5.82 Å². The van der Waals surface area contributed by atoms with Gasteiger partial charge < -0.3 is 23.8 Å². The molecule has 1 saturated heterocycles. The average molecular weight is 526 g/mol. The first-order valence-corrected chi connectivity index (χ1v) is 13.0. The number of benzene rings is 1. The minimum atomic E-state index is -0.462. The summed E-state index contributed by atoms with van der Waals surface area (Å²) in [7, 11) is 4.91. The zero-order chi connectivity index (χ0) is 27.2. The van der Waals surface area contributed by atoms with E-state index in [4.69, 9.17) is 9.47 Å². The zero-order valence-corrected chi connectivity index (χ0v) is 22.6. The van der Waals surface area contributed by atoms with E-state index in [-0.39, 0.29) is 25.0 Å². The summed E-state index contributed by atoms with van der Waals surface area (Å²) >= 11 is 0. The first-order valence-electron chi connectivity index (χ1n) is 13.0. The van der Waals surface area contributed by atoms with Gasteiger partial charge in [0.05, 0.1) is 19.1 Å². The quantitative estimate of drug-likeness (QED) is 0.340. The Balaban J connectivity index is 1.55. The van der Waals surface area contributed by atoms with Gasteiger partial charge in [0.2, 0.25) is 5.91 Å². The maximum atomic E-state index is 15.1. The van der Waals surface area contributed by atoms with E-state index < -0.39 is 5.82 Å². The summed E-state index contributed by atoms with van der Waals surface area (Å²) in [6.07, 6.45) is 6.78. The minimum absolute atomic E-state index is 0.0133. The van der Waals surface area contributed by atoms with Crippen molar-refractivity contribution in [2.45, 2.75) is 45.7 Å². The number of fused-ring (bicyclic) bond motifs is 1. The zero-order valence-electron chi connectivity index (χ0n) is 22.6. The van der Waals surface area contributed by atoms with Crippen LogP contribution in [0.5, 0.6) is 11.5 Å². The lowest BCUT2D eigenvalue weighted by atomic mass is 10.1. The predicted molar refractivity (Wildman–Crippen MR) is 144 cm³/mol. The van der Waals surface area contributed by atoms with Gasteiger partial charge in [-0.3, -0.25) is 9.69 Å². The normalized spacial score (nSPS) is 13.8. The number of halogens is 1. The average Bonchev–Trinajstić information content (AvgIpc) is 3.23. The molecular formula is C28H36FN5O4. The van der Waals surface area contributed by atoms with Crippen LogP contribution in [0.1, 0.15) is 38.2 Å². The summed E-state index contributed by atoms with van der Waals surface area (Å²) in [5.74, 6) is 0.608. The maximum absolute atomic E-state index is 15.1. The molecule has 38 heavy (non-hydrogen) atoms. The second-order valence-corrected chi connectivity index (χ2v) is 9.66. The summed E-state index contributed by atoms with van der Waals surface area (Å²) < 4.78 is 28.0. The maximum Gasteiger partial charge on any atom is 0.324 e. The molecule has 0 N–H and O–H groups in total. The number of methoxy groups -OCH3 is 1. The van der Waals surface area contributed by atoms with Crippen molar-refractivity contribution in [1.82, 2.24) is 19.4 Å². The fraction of sp³-hybridized carbons (Fsp3) is 0.464. The number of hydrogen-bond donors (Lipinski definition) is 0. The van der Waals surface area contributed by atoms with E-state index in [9.17, 15) is 9.59 Å². The van der Waals surface area contributed by atoms with E-state index in [0.717, 1.165) is 31.4 Å². The molecule has 0 aliphatic carbocycles. The third-order valence-electron chi connectivity index (χ3n) is 6.74. The van der Waals surface area contributed by atoms with Gasteiger partial charge in [-0.05, 0) is 36.6 Å². The molecule has 1 fully saturated rings. The Labute approximate surface area is 222 Å². The minimum Gasteiger partial charge on any atom is -0.493 e. The van der Waals surface area contributed by atoms with E-state index in [1.807, 2.05) is 18.2 Å². The fourth-order valence-corrected chi connectivity index (χ4v) is 4.62. The number of urea groups is 1. The van der Waals surface area contributed by atoms with Crippen molar-refractivity contribution in [3.63, 3.8) is 0 Å². The van der Waals surface area contributed by atoms with Gasteiger partial charge in [-0.2, -0.15) is 0 Å². The lowest BCUT2D eigenvalue weighted by molar-refractivity contribution is -0.129. The number of amides is 3. The number of likely N-dealkylation sites (N-methyl/N-ethyl adjacent to an activating group) is 1. The van der Waals surface area contributed by atoms with Crippen LogP contribution in [-0.2, 0) is 17.9 Å². The lowest BCUT2D eigenvalue weighted by Gasteiger charge is -2.36. The van der Waals surface area contributed by atoms with Gasteiger partial charge in [0.1, 0.15) is 12.2 Å². The molecule has 1 aliphatic heterocycles. The molecule has 10 heteroatoms. The van der Waals surface area contributed by atoms with Gasteiger partial charge in [0.25, 0.3) is 0 Å². The molecule has 1 aromatic carbocycles. The molecule has 1 aliphatic rings. The first-order chi connectivity index (χ1) is 18.3. The second-order valence-electron chi connectivity index (χ2n) is 9.66. The standard InChI is InChI=1S/C28H36FN5O4/c1-5-6-7-15-38-24-16-21(9-10-23(24)37-4)34-14-8-13-32(28(34)36)17-20-11-12-30-27-26(20)22(29)18-33(27)19-25(35)31(2)3/h9-12,16,18H,5-8,13-15,17,19H2,1-4H3. The van der Waals surface area contributed by atoms with Crippen LogP contribution in [0.4, 0.5) is 14.9 Å². The van der Waals surface area contributed by atoms with Crippen molar-refractivity contribution < 1.29 is 23.5 Å². The van der Waals surface area contributed by atoms with E-state index in [1.165, 1.54) is 15.7 Å². The van der Waals surface area contributed by atoms with Crippen LogP contribution >= 0.6 is 0 Å². The number of ether oxygens (including phenoxy) is 2. The fourth-order valence-electron chi connectivity index (χ4n) is 4.62. The van der Waals surface area contributed by atoms with Crippen molar-refractivity contribution in [3.05, 3.63) is 48.0 Å². The Morgan fingerprint density at radius 2 is 1.97 bits per heavy atom. The monoisotopic (exact) mass is 525 g/mol. The summed E-state index contributed by atoms with van der Waals surface area (Å²) in [5, 5.41) is 0.330. The highest BCUT2D eigenvalue weighted by Crippen LogP contribution is 2.34. The number of carbonyl (C=O) groups is 2. The SMILES string of the molecule is CCCCCOc1cc(N2CCCN(Cc3ccnc4c3c(F)cn4CC(=O)N(C)C)C2=O)ccc1OC. The van der Waals surface area contributed by atoms with Crippen LogP contribution in [0.3, 0.4) is 0 Å². The van der Waals surface area contributed by atoms with Gasteiger partial charge in [0, 0.05) is 57.9 Å². The molecule has 3 amide bonds. The van der Waals surface area contributed by atoms with Crippen molar-refractivity contribution in [2.75, 3.05) is 45.8 Å². The molecule has 0 radical (unpaired) electrons. The van der Waals surface area contributed by atoms with Gasteiger partial charge in [-0.15, -0.1) is 0 Å². The number of pyridine rings is 1. The summed E-state index contributed by atoms with van der Waals surface area (Å²) in [6, 6.07) is 7.08. The number of rotatable bonds is 11. The molecule has 0 bridgehead atoms.